The highest BCUT2D eigenvalue weighted by atomic mass is 15.2. The van der Waals surface area contributed by atoms with E-state index in [0.29, 0.717) is 5.92 Å². The van der Waals surface area contributed by atoms with Crippen LogP contribution in [0.2, 0.25) is 0 Å². The lowest BCUT2D eigenvalue weighted by Gasteiger charge is -2.31. The Balaban J connectivity index is 1.27. The number of aromatic nitrogens is 1. The fourth-order valence-corrected chi connectivity index (χ4v) is 8.02. The number of anilines is 3. The molecule has 2 aliphatic carbocycles. The van der Waals surface area contributed by atoms with Gasteiger partial charge >= 0.3 is 0 Å². The summed E-state index contributed by atoms with van der Waals surface area (Å²) in [4.78, 5) is 7.54. The van der Waals surface area contributed by atoms with Gasteiger partial charge in [-0.3, -0.25) is 4.90 Å². The Morgan fingerprint density at radius 2 is 1.30 bits per heavy atom. The normalized spacial score (nSPS) is 15.5. The summed E-state index contributed by atoms with van der Waals surface area (Å²) in [6.07, 6.45) is 1.04. The van der Waals surface area contributed by atoms with E-state index in [1.807, 2.05) is 0 Å². The molecule has 0 amide bonds. The number of para-hydroxylation sites is 1. The Bertz CT molecular complexity index is 2280. The van der Waals surface area contributed by atoms with Gasteiger partial charge in [-0.25, -0.2) is 4.98 Å². The lowest BCUT2D eigenvalue weighted by atomic mass is 9.74. The van der Waals surface area contributed by atoms with E-state index in [0.717, 1.165) is 34.5 Å². The maximum absolute atomic E-state index is 5.22. The Kier molecular flexibility index (Phi) is 6.01. The molecule has 1 heterocycles. The van der Waals surface area contributed by atoms with Crippen LogP contribution in [0, 0.1) is 0 Å². The van der Waals surface area contributed by atoms with E-state index < -0.39 is 0 Å². The van der Waals surface area contributed by atoms with Crippen LogP contribution in [0.25, 0.3) is 33.2 Å². The van der Waals surface area contributed by atoms with Gasteiger partial charge in [0.15, 0.2) is 0 Å². The van der Waals surface area contributed by atoms with E-state index in [2.05, 4.69) is 170 Å². The molecule has 0 aliphatic heterocycles. The zero-order valence-corrected chi connectivity index (χ0v) is 26.1. The first-order valence-corrected chi connectivity index (χ1v) is 16.2. The van der Waals surface area contributed by atoms with Crippen molar-refractivity contribution in [2.24, 2.45) is 0 Å². The third-order valence-electron chi connectivity index (χ3n) is 10.3. The number of benzene rings is 6. The van der Waals surface area contributed by atoms with Gasteiger partial charge in [-0.05, 0) is 99.0 Å². The highest BCUT2D eigenvalue weighted by molar-refractivity contribution is 5.88. The van der Waals surface area contributed by atoms with Crippen molar-refractivity contribution in [1.82, 2.24) is 4.98 Å². The van der Waals surface area contributed by atoms with Crippen molar-refractivity contribution in [2.45, 2.75) is 31.6 Å². The minimum absolute atomic E-state index is 0.0690. The summed E-state index contributed by atoms with van der Waals surface area (Å²) in [7, 11) is 0. The minimum Gasteiger partial charge on any atom is -0.295 e. The van der Waals surface area contributed by atoms with Gasteiger partial charge in [-0.2, -0.15) is 0 Å². The van der Waals surface area contributed by atoms with Gasteiger partial charge in [0.05, 0.1) is 5.52 Å². The number of hydrogen-bond acceptors (Lipinski definition) is 2. The number of hydrogen-bond donors (Lipinski definition) is 0. The first-order valence-electron chi connectivity index (χ1n) is 16.2. The maximum atomic E-state index is 5.22. The topological polar surface area (TPSA) is 16.1 Å². The molecule has 0 spiro atoms. The molecule has 2 heteroatoms. The molecule has 220 valence electrons. The highest BCUT2D eigenvalue weighted by Gasteiger charge is 2.39. The largest absolute Gasteiger partial charge is 0.295 e. The molecule has 2 bridgehead atoms. The monoisotopic (exact) mass is 590 g/mol. The summed E-state index contributed by atoms with van der Waals surface area (Å²) in [6, 6.07) is 55.3. The van der Waals surface area contributed by atoms with E-state index in [1.54, 1.807) is 0 Å². The van der Waals surface area contributed by atoms with Crippen molar-refractivity contribution in [3.8, 4) is 22.3 Å². The second-order valence-corrected chi connectivity index (χ2v) is 13.2. The van der Waals surface area contributed by atoms with Crippen molar-refractivity contribution >= 4 is 28.1 Å². The molecular formula is C44H34N2. The predicted octanol–water partition coefficient (Wildman–Crippen LogP) is 11.4. The van der Waals surface area contributed by atoms with Crippen molar-refractivity contribution in [3.63, 3.8) is 0 Å². The molecular weight excluding hydrogens is 556 g/mol. The molecule has 2 aliphatic rings. The number of rotatable bonds is 4. The van der Waals surface area contributed by atoms with Gasteiger partial charge < -0.3 is 0 Å². The Labute approximate surface area is 270 Å². The summed E-state index contributed by atoms with van der Waals surface area (Å²) in [5, 5.41) is 1.14. The smallest absolute Gasteiger partial charge is 0.138 e. The SMILES string of the molecule is CC1(C)c2ccccc2C2Cc3c(cccc31)-c1cc(N(c3cccc(-c4ccccc4)c3)c3ccc4ccccc4n3)ccc12. The Hall–Kier alpha value is -5.47. The van der Waals surface area contributed by atoms with Gasteiger partial charge in [0.25, 0.3) is 0 Å². The van der Waals surface area contributed by atoms with Crippen LogP contribution in [-0.2, 0) is 11.8 Å². The fourth-order valence-electron chi connectivity index (χ4n) is 8.02. The van der Waals surface area contributed by atoms with Gasteiger partial charge in [-0.1, -0.05) is 123 Å². The molecule has 46 heavy (non-hydrogen) atoms. The van der Waals surface area contributed by atoms with Crippen LogP contribution in [0.1, 0.15) is 47.6 Å². The van der Waals surface area contributed by atoms with E-state index in [1.165, 1.54) is 50.1 Å². The van der Waals surface area contributed by atoms with E-state index in [4.69, 9.17) is 4.98 Å². The Morgan fingerprint density at radius 3 is 2.22 bits per heavy atom. The molecule has 1 atom stereocenters. The molecule has 6 aromatic carbocycles. The molecule has 1 aromatic heterocycles. The quantitative estimate of drug-likeness (QED) is 0.203. The Morgan fingerprint density at radius 1 is 0.565 bits per heavy atom. The van der Waals surface area contributed by atoms with Crippen LogP contribution < -0.4 is 4.90 Å². The average Bonchev–Trinajstić information content (AvgIpc) is 3.20. The van der Waals surface area contributed by atoms with Crippen molar-refractivity contribution < 1.29 is 0 Å². The minimum atomic E-state index is -0.0690. The van der Waals surface area contributed by atoms with Gasteiger partial charge in [0, 0.05) is 28.1 Å². The van der Waals surface area contributed by atoms with Crippen LogP contribution in [0.3, 0.4) is 0 Å². The van der Waals surface area contributed by atoms with Crippen LogP contribution in [-0.4, -0.2) is 4.98 Å². The van der Waals surface area contributed by atoms with Crippen molar-refractivity contribution in [2.75, 3.05) is 4.90 Å². The molecule has 0 saturated carbocycles. The standard InChI is InChI=1S/C44H34N2/c1-44(2)40-19-8-7-17-36(40)38-28-39-34(18-11-20-41(39)44)37-27-33(23-24-35(37)38)46(43-25-22-30-14-6-9-21-42(30)45-43)32-16-10-15-31(26-32)29-12-4-3-5-13-29/h3-27,38H,28H2,1-2H3. The van der Waals surface area contributed by atoms with E-state index >= 15 is 0 Å². The zero-order valence-electron chi connectivity index (χ0n) is 26.1. The lowest BCUT2D eigenvalue weighted by Crippen LogP contribution is -2.20. The molecule has 2 nitrogen and oxygen atoms in total. The third-order valence-corrected chi connectivity index (χ3v) is 10.3. The van der Waals surface area contributed by atoms with Crippen molar-refractivity contribution in [1.29, 1.82) is 0 Å². The second kappa shape index (κ2) is 10.3. The van der Waals surface area contributed by atoms with Crippen LogP contribution in [0.5, 0.6) is 0 Å². The number of nitrogens with zero attached hydrogens (tertiary/aromatic N) is 2. The van der Waals surface area contributed by atoms with E-state index in [9.17, 15) is 0 Å². The number of pyridine rings is 1. The number of fused-ring (bicyclic) bond motifs is 7. The van der Waals surface area contributed by atoms with Gasteiger partial charge in [0.1, 0.15) is 5.82 Å². The summed E-state index contributed by atoms with van der Waals surface area (Å²) < 4.78 is 0. The average molecular weight is 591 g/mol. The summed E-state index contributed by atoms with van der Waals surface area (Å²) in [5.74, 6) is 1.23. The third kappa shape index (κ3) is 4.14. The van der Waals surface area contributed by atoms with Crippen molar-refractivity contribution in [3.05, 3.63) is 179 Å². The molecule has 7 aromatic rings. The van der Waals surface area contributed by atoms with Crippen LogP contribution in [0.4, 0.5) is 17.2 Å². The predicted molar refractivity (Wildman–Crippen MR) is 191 cm³/mol. The van der Waals surface area contributed by atoms with Crippen LogP contribution in [0.15, 0.2) is 152 Å². The molecule has 0 radical (unpaired) electrons. The zero-order chi connectivity index (χ0) is 30.8. The maximum Gasteiger partial charge on any atom is 0.138 e. The highest BCUT2D eigenvalue weighted by Crippen LogP contribution is 2.53. The molecule has 1 unspecified atom stereocenters. The molecule has 9 rings (SSSR count). The van der Waals surface area contributed by atoms with Gasteiger partial charge in [0.2, 0.25) is 0 Å². The summed E-state index contributed by atoms with van der Waals surface area (Å²) in [6.45, 7) is 4.79. The first-order chi connectivity index (χ1) is 22.6. The molecule has 0 fully saturated rings. The molecule has 0 saturated heterocycles. The summed E-state index contributed by atoms with van der Waals surface area (Å²) >= 11 is 0. The fraction of sp³-hybridized carbons (Fsp3) is 0.114. The lowest BCUT2D eigenvalue weighted by molar-refractivity contribution is 0.636. The van der Waals surface area contributed by atoms with Gasteiger partial charge in [-0.15, -0.1) is 0 Å². The second-order valence-electron chi connectivity index (χ2n) is 13.2. The summed E-state index contributed by atoms with van der Waals surface area (Å²) in [5.41, 5.74) is 15.4. The van der Waals surface area contributed by atoms with E-state index in [-0.39, 0.29) is 5.41 Å². The first kappa shape index (κ1) is 26.9. The van der Waals surface area contributed by atoms with Crippen LogP contribution >= 0.6 is 0 Å². The molecule has 0 N–H and O–H groups in total.